The molecule has 0 radical (unpaired) electrons. The van der Waals surface area contributed by atoms with Crippen LogP contribution >= 0.6 is 0 Å². The zero-order valence-corrected chi connectivity index (χ0v) is 44.3. The van der Waals surface area contributed by atoms with E-state index in [4.69, 9.17) is 14.2 Å². The number of carbonyl (C=O) groups is 3. The predicted molar refractivity (Wildman–Crippen MR) is 280 cm³/mol. The highest BCUT2D eigenvalue weighted by Crippen LogP contribution is 2.18. The van der Waals surface area contributed by atoms with Crippen LogP contribution in [0.25, 0.3) is 0 Å². The summed E-state index contributed by atoms with van der Waals surface area (Å²) >= 11 is 0. The Labute approximate surface area is 406 Å². The van der Waals surface area contributed by atoms with Crippen molar-refractivity contribution in [3.05, 3.63) is 0 Å². The van der Waals surface area contributed by atoms with Crippen molar-refractivity contribution >= 4 is 17.9 Å². The normalized spacial score (nSPS) is 11.9. The molecule has 0 saturated heterocycles. The summed E-state index contributed by atoms with van der Waals surface area (Å²) in [6, 6.07) is 0. The topological polar surface area (TPSA) is 78.9 Å². The summed E-state index contributed by atoms with van der Waals surface area (Å²) < 4.78 is 16.9. The Morgan fingerprint density at radius 3 is 0.615 bits per heavy atom. The van der Waals surface area contributed by atoms with Crippen molar-refractivity contribution in [3.8, 4) is 0 Å². The molecule has 0 aliphatic heterocycles. The van der Waals surface area contributed by atoms with Gasteiger partial charge in [-0.1, -0.05) is 303 Å². The van der Waals surface area contributed by atoms with Crippen molar-refractivity contribution < 1.29 is 28.6 Å². The SMILES string of the molecule is CCCCCCCCCCCCCCCCCCCCCC(=O)OC[C@H](COC(=O)CCCCCCCCCCC)OC(=O)CCCCCCCCCCCCCCCCCCCCC. The third-order valence-electron chi connectivity index (χ3n) is 13.6. The highest BCUT2D eigenvalue weighted by molar-refractivity contribution is 5.71. The Morgan fingerprint density at radius 1 is 0.246 bits per heavy atom. The molecule has 0 aliphatic rings. The summed E-state index contributed by atoms with van der Waals surface area (Å²) in [5, 5.41) is 0. The van der Waals surface area contributed by atoms with Gasteiger partial charge in [0.05, 0.1) is 0 Å². The molecule has 6 nitrogen and oxygen atoms in total. The van der Waals surface area contributed by atoms with Crippen LogP contribution in [0.2, 0.25) is 0 Å². The third kappa shape index (κ3) is 53.2. The van der Waals surface area contributed by atoms with Gasteiger partial charge in [-0.05, 0) is 19.3 Å². The largest absolute Gasteiger partial charge is 0.462 e. The second-order valence-corrected chi connectivity index (χ2v) is 20.3. The smallest absolute Gasteiger partial charge is 0.306 e. The highest BCUT2D eigenvalue weighted by Gasteiger charge is 2.19. The summed E-state index contributed by atoms with van der Waals surface area (Å²) in [6.45, 7) is 6.69. The van der Waals surface area contributed by atoms with E-state index in [1.165, 1.54) is 244 Å². The summed E-state index contributed by atoms with van der Waals surface area (Å²) in [5.74, 6) is -0.835. The van der Waals surface area contributed by atoms with E-state index in [0.29, 0.717) is 19.3 Å². The van der Waals surface area contributed by atoms with Crippen LogP contribution < -0.4 is 0 Å². The average molecular weight is 920 g/mol. The predicted octanol–water partition coefficient (Wildman–Crippen LogP) is 19.5. The van der Waals surface area contributed by atoms with Crippen molar-refractivity contribution in [1.82, 2.24) is 0 Å². The van der Waals surface area contributed by atoms with E-state index in [1.54, 1.807) is 0 Å². The van der Waals surface area contributed by atoms with Gasteiger partial charge < -0.3 is 14.2 Å². The maximum absolute atomic E-state index is 12.8. The summed E-state index contributed by atoms with van der Waals surface area (Å²) in [5.41, 5.74) is 0. The maximum Gasteiger partial charge on any atom is 0.306 e. The minimum absolute atomic E-state index is 0.0613. The summed E-state index contributed by atoms with van der Waals surface area (Å²) in [7, 11) is 0. The first-order chi connectivity index (χ1) is 32.0. The Morgan fingerprint density at radius 2 is 0.415 bits per heavy atom. The van der Waals surface area contributed by atoms with Crippen LogP contribution in [-0.4, -0.2) is 37.2 Å². The van der Waals surface area contributed by atoms with Crippen LogP contribution in [0.15, 0.2) is 0 Å². The highest BCUT2D eigenvalue weighted by atomic mass is 16.6. The van der Waals surface area contributed by atoms with Crippen molar-refractivity contribution in [2.75, 3.05) is 13.2 Å². The van der Waals surface area contributed by atoms with Gasteiger partial charge in [-0.2, -0.15) is 0 Å². The van der Waals surface area contributed by atoms with Gasteiger partial charge in [0.1, 0.15) is 13.2 Å². The third-order valence-corrected chi connectivity index (χ3v) is 13.6. The number of carbonyl (C=O) groups excluding carboxylic acids is 3. The van der Waals surface area contributed by atoms with Crippen LogP contribution in [0.4, 0.5) is 0 Å². The van der Waals surface area contributed by atoms with E-state index in [-0.39, 0.29) is 31.1 Å². The molecule has 0 unspecified atom stereocenters. The lowest BCUT2D eigenvalue weighted by Crippen LogP contribution is -2.30. The lowest BCUT2D eigenvalue weighted by molar-refractivity contribution is -0.167. The number of unbranched alkanes of at least 4 members (excludes halogenated alkanes) is 44. The van der Waals surface area contributed by atoms with E-state index in [0.717, 1.165) is 57.8 Å². The Hall–Kier alpha value is -1.59. The van der Waals surface area contributed by atoms with Crippen molar-refractivity contribution in [1.29, 1.82) is 0 Å². The Bertz CT molecular complexity index is 967. The molecular formula is C59H114O6. The van der Waals surface area contributed by atoms with Crippen LogP contribution in [0.3, 0.4) is 0 Å². The zero-order chi connectivity index (χ0) is 47.2. The first kappa shape index (κ1) is 63.4. The molecule has 0 heterocycles. The molecule has 0 rings (SSSR count). The molecule has 0 aliphatic carbocycles. The molecule has 65 heavy (non-hydrogen) atoms. The van der Waals surface area contributed by atoms with Crippen LogP contribution in [0, 0.1) is 0 Å². The van der Waals surface area contributed by atoms with Gasteiger partial charge in [0.25, 0.3) is 0 Å². The Balaban J connectivity index is 4.18. The van der Waals surface area contributed by atoms with Crippen molar-refractivity contribution in [3.63, 3.8) is 0 Å². The molecule has 0 aromatic rings. The fourth-order valence-electron chi connectivity index (χ4n) is 9.15. The van der Waals surface area contributed by atoms with Crippen molar-refractivity contribution in [2.24, 2.45) is 0 Å². The fourth-order valence-corrected chi connectivity index (χ4v) is 9.15. The first-order valence-corrected chi connectivity index (χ1v) is 29.5. The molecule has 0 fully saturated rings. The van der Waals surface area contributed by atoms with Gasteiger partial charge in [0.2, 0.25) is 0 Å². The molecule has 0 aromatic carbocycles. The van der Waals surface area contributed by atoms with Gasteiger partial charge in [-0.25, -0.2) is 0 Å². The molecule has 0 saturated carbocycles. The number of rotatable bonds is 55. The second-order valence-electron chi connectivity index (χ2n) is 20.3. The van der Waals surface area contributed by atoms with Gasteiger partial charge in [-0.15, -0.1) is 0 Å². The molecule has 6 heteroatoms. The summed E-state index contributed by atoms with van der Waals surface area (Å²) in [6.07, 6.45) is 61.1. The molecule has 0 amide bonds. The van der Waals surface area contributed by atoms with E-state index < -0.39 is 6.10 Å². The van der Waals surface area contributed by atoms with E-state index >= 15 is 0 Å². The minimum atomic E-state index is -0.760. The number of esters is 3. The molecule has 0 spiro atoms. The second kappa shape index (κ2) is 55.0. The lowest BCUT2D eigenvalue weighted by atomic mass is 10.0. The average Bonchev–Trinajstić information content (AvgIpc) is 3.30. The monoisotopic (exact) mass is 919 g/mol. The Kier molecular flexibility index (Phi) is 53.7. The first-order valence-electron chi connectivity index (χ1n) is 29.5. The zero-order valence-electron chi connectivity index (χ0n) is 44.3. The van der Waals surface area contributed by atoms with Crippen LogP contribution in [0.1, 0.15) is 342 Å². The molecule has 1 atom stereocenters. The van der Waals surface area contributed by atoms with Crippen LogP contribution in [-0.2, 0) is 28.6 Å². The van der Waals surface area contributed by atoms with Crippen LogP contribution in [0.5, 0.6) is 0 Å². The van der Waals surface area contributed by atoms with Gasteiger partial charge in [0.15, 0.2) is 6.10 Å². The minimum Gasteiger partial charge on any atom is -0.462 e. The van der Waals surface area contributed by atoms with Crippen molar-refractivity contribution in [2.45, 2.75) is 348 Å². The lowest BCUT2D eigenvalue weighted by Gasteiger charge is -2.18. The van der Waals surface area contributed by atoms with E-state index in [9.17, 15) is 14.4 Å². The number of hydrogen-bond acceptors (Lipinski definition) is 6. The standard InChI is InChI=1S/C59H114O6/c1-4-7-10-13-16-19-21-23-25-27-29-31-33-35-37-40-43-46-49-52-58(61)64-55-56(54-63-57(60)51-48-45-42-39-18-15-12-9-6-3)65-59(62)53-50-47-44-41-38-36-34-32-30-28-26-24-22-20-17-14-11-8-5-2/h56H,4-55H2,1-3H3/t56-/m0/s1. The van der Waals surface area contributed by atoms with Gasteiger partial charge in [-0.3, -0.25) is 14.4 Å². The maximum atomic E-state index is 12.8. The van der Waals surface area contributed by atoms with E-state index in [1.807, 2.05) is 0 Å². The van der Waals surface area contributed by atoms with Gasteiger partial charge in [0, 0.05) is 19.3 Å². The molecule has 386 valence electrons. The number of ether oxygens (including phenoxy) is 3. The fraction of sp³-hybridized carbons (Fsp3) is 0.949. The van der Waals surface area contributed by atoms with Gasteiger partial charge >= 0.3 is 17.9 Å². The molecular weight excluding hydrogens is 805 g/mol. The molecule has 0 bridgehead atoms. The molecule has 0 N–H and O–H groups in total. The summed E-state index contributed by atoms with van der Waals surface area (Å²) in [4.78, 5) is 38.0. The number of hydrogen-bond donors (Lipinski definition) is 0. The quantitative estimate of drug-likeness (QED) is 0.0344. The van der Waals surface area contributed by atoms with E-state index in [2.05, 4.69) is 20.8 Å². The molecule has 0 aromatic heterocycles.